The molecule has 10 nitrogen and oxygen atoms in total. The molecule has 3 aromatic rings. The zero-order chi connectivity index (χ0) is 28.5. The third-order valence-electron chi connectivity index (χ3n) is 7.29. The molecule has 40 heavy (non-hydrogen) atoms. The molecule has 0 bridgehead atoms. The monoisotopic (exact) mass is 549 g/mol. The number of hydrogen-bond acceptors (Lipinski definition) is 7. The van der Waals surface area contributed by atoms with Crippen LogP contribution >= 0.6 is 0 Å². The van der Waals surface area contributed by atoms with Crippen LogP contribution in [0.25, 0.3) is 22.3 Å². The highest BCUT2D eigenvalue weighted by Crippen LogP contribution is 2.27. The summed E-state index contributed by atoms with van der Waals surface area (Å²) in [5, 5.41) is 14.3. The molecule has 2 amide bonds. The van der Waals surface area contributed by atoms with Crippen molar-refractivity contribution >= 4 is 22.8 Å². The standard InChI is InChI=1S/C30H43N7O3/c1-21(2)37-29-26(19-34-37)25(30(39)32-11-8-28(38)33-18-22-9-14-40-15-10-22)17-27(35-29)24-7-5-6-23(16-24)20-36(4)13-12-31-3/h5-7,16-17,19,21-22,31H,8-15,18,20H2,1-4H3,(H,32,39)(H,33,38). The van der Waals surface area contributed by atoms with Gasteiger partial charge in [-0.25, -0.2) is 9.67 Å². The van der Waals surface area contributed by atoms with Gasteiger partial charge >= 0.3 is 0 Å². The molecule has 3 N–H and O–H groups in total. The van der Waals surface area contributed by atoms with E-state index in [9.17, 15) is 9.59 Å². The first kappa shape index (κ1) is 29.6. The van der Waals surface area contributed by atoms with Gasteiger partial charge in [0, 0.05) is 64.0 Å². The lowest BCUT2D eigenvalue weighted by Crippen LogP contribution is -2.34. The third kappa shape index (κ3) is 7.87. The van der Waals surface area contributed by atoms with Crippen LogP contribution in [0.2, 0.25) is 0 Å². The zero-order valence-electron chi connectivity index (χ0n) is 24.2. The van der Waals surface area contributed by atoms with Gasteiger partial charge in [-0.1, -0.05) is 18.2 Å². The third-order valence-corrected chi connectivity index (χ3v) is 7.29. The Morgan fingerprint density at radius 2 is 1.95 bits per heavy atom. The van der Waals surface area contributed by atoms with E-state index in [1.54, 1.807) is 6.20 Å². The summed E-state index contributed by atoms with van der Waals surface area (Å²) in [5.41, 5.74) is 4.01. The molecule has 0 aliphatic carbocycles. The summed E-state index contributed by atoms with van der Waals surface area (Å²) in [6.07, 6.45) is 3.87. The van der Waals surface area contributed by atoms with Crippen molar-refractivity contribution in [2.75, 3.05) is 53.5 Å². The second-order valence-electron chi connectivity index (χ2n) is 10.9. The van der Waals surface area contributed by atoms with Crippen LogP contribution in [0.5, 0.6) is 0 Å². The Labute approximate surface area is 236 Å². The highest BCUT2D eigenvalue weighted by Gasteiger charge is 2.19. The Morgan fingerprint density at radius 3 is 2.70 bits per heavy atom. The van der Waals surface area contributed by atoms with Crippen LogP contribution < -0.4 is 16.0 Å². The average molecular weight is 550 g/mol. The molecule has 4 rings (SSSR count). The number of nitrogens with one attached hydrogen (secondary N) is 3. The normalized spacial score (nSPS) is 14.2. The van der Waals surface area contributed by atoms with Gasteiger partial charge in [-0.05, 0) is 64.4 Å². The van der Waals surface area contributed by atoms with Crippen molar-refractivity contribution in [2.45, 2.75) is 45.7 Å². The Hall–Kier alpha value is -3.34. The van der Waals surface area contributed by atoms with E-state index in [1.165, 1.54) is 5.56 Å². The lowest BCUT2D eigenvalue weighted by atomic mass is 10.0. The first-order chi connectivity index (χ1) is 19.4. The minimum Gasteiger partial charge on any atom is -0.381 e. The van der Waals surface area contributed by atoms with Crippen molar-refractivity contribution in [3.63, 3.8) is 0 Å². The molecule has 1 fully saturated rings. The van der Waals surface area contributed by atoms with Gasteiger partial charge in [-0.2, -0.15) is 5.10 Å². The maximum atomic E-state index is 13.4. The molecular weight excluding hydrogens is 506 g/mol. The molecule has 0 unspecified atom stereocenters. The van der Waals surface area contributed by atoms with Gasteiger partial charge in [-0.15, -0.1) is 0 Å². The van der Waals surface area contributed by atoms with Crippen molar-refractivity contribution in [1.82, 2.24) is 35.6 Å². The number of carbonyl (C=O) groups is 2. The van der Waals surface area contributed by atoms with Gasteiger partial charge in [0.2, 0.25) is 5.91 Å². The summed E-state index contributed by atoms with van der Waals surface area (Å²) in [7, 11) is 4.05. The number of amides is 2. The van der Waals surface area contributed by atoms with Crippen LogP contribution in [0.4, 0.5) is 0 Å². The van der Waals surface area contributed by atoms with E-state index < -0.39 is 0 Å². The van der Waals surface area contributed by atoms with Gasteiger partial charge in [0.25, 0.3) is 5.91 Å². The number of ether oxygens (including phenoxy) is 1. The summed E-state index contributed by atoms with van der Waals surface area (Å²) in [5.74, 6) is 0.161. The summed E-state index contributed by atoms with van der Waals surface area (Å²) in [4.78, 5) is 33.0. The fraction of sp³-hybridized carbons (Fsp3) is 0.533. The first-order valence-corrected chi connectivity index (χ1v) is 14.3. The smallest absolute Gasteiger partial charge is 0.252 e. The van der Waals surface area contributed by atoms with E-state index in [-0.39, 0.29) is 30.8 Å². The van der Waals surface area contributed by atoms with Crippen LogP contribution in [0.1, 0.15) is 55.1 Å². The second kappa shape index (κ2) is 14.3. The maximum absolute atomic E-state index is 13.4. The number of benzene rings is 1. The minimum atomic E-state index is -0.239. The molecule has 1 aliphatic heterocycles. The highest BCUT2D eigenvalue weighted by molar-refractivity contribution is 6.06. The molecule has 1 aliphatic rings. The molecule has 1 aromatic carbocycles. The molecule has 0 radical (unpaired) electrons. The number of fused-ring (bicyclic) bond motifs is 1. The van der Waals surface area contributed by atoms with Crippen molar-refractivity contribution in [1.29, 1.82) is 0 Å². The SMILES string of the molecule is CNCCN(C)Cc1cccc(-c2cc(C(=O)NCCC(=O)NCC3CCOCC3)c3cnn(C(C)C)c3n2)c1. The number of carbonyl (C=O) groups excluding carboxylic acids is 2. The van der Waals surface area contributed by atoms with Crippen molar-refractivity contribution in [3.8, 4) is 11.3 Å². The quantitative estimate of drug-likeness (QED) is 0.300. The number of pyridine rings is 1. The fourth-order valence-corrected chi connectivity index (χ4v) is 4.94. The maximum Gasteiger partial charge on any atom is 0.252 e. The van der Waals surface area contributed by atoms with Crippen LogP contribution in [-0.2, 0) is 16.1 Å². The van der Waals surface area contributed by atoms with Crippen molar-refractivity contribution < 1.29 is 14.3 Å². The summed E-state index contributed by atoms with van der Waals surface area (Å²) < 4.78 is 7.22. The molecular formula is C30H43N7O3. The Morgan fingerprint density at radius 1 is 1.15 bits per heavy atom. The summed E-state index contributed by atoms with van der Waals surface area (Å²) in [6.45, 7) is 9.18. The number of nitrogens with zero attached hydrogens (tertiary/aromatic N) is 4. The van der Waals surface area contributed by atoms with Crippen molar-refractivity contribution in [3.05, 3.63) is 47.7 Å². The zero-order valence-corrected chi connectivity index (χ0v) is 24.2. The van der Waals surface area contributed by atoms with Gasteiger partial charge < -0.3 is 25.6 Å². The molecule has 1 saturated heterocycles. The van der Waals surface area contributed by atoms with Gasteiger partial charge in [0.1, 0.15) is 0 Å². The second-order valence-corrected chi connectivity index (χ2v) is 10.9. The Balaban J connectivity index is 1.49. The van der Waals surface area contributed by atoms with E-state index >= 15 is 0 Å². The Bertz CT molecular complexity index is 1280. The first-order valence-electron chi connectivity index (χ1n) is 14.3. The lowest BCUT2D eigenvalue weighted by Gasteiger charge is -2.22. The molecule has 216 valence electrons. The topological polar surface area (TPSA) is 113 Å². The molecule has 0 saturated carbocycles. The van der Waals surface area contributed by atoms with Crippen LogP contribution in [-0.4, -0.2) is 85.0 Å². The molecule has 2 aromatic heterocycles. The lowest BCUT2D eigenvalue weighted by molar-refractivity contribution is -0.121. The van der Waals surface area contributed by atoms with Gasteiger partial charge in [0.05, 0.1) is 22.8 Å². The average Bonchev–Trinajstić information content (AvgIpc) is 3.39. The van der Waals surface area contributed by atoms with E-state index in [2.05, 4.69) is 45.1 Å². The van der Waals surface area contributed by atoms with Crippen LogP contribution in [0.15, 0.2) is 36.5 Å². The molecule has 10 heteroatoms. The summed E-state index contributed by atoms with van der Waals surface area (Å²) >= 11 is 0. The van der Waals surface area contributed by atoms with E-state index in [4.69, 9.17) is 9.72 Å². The minimum absolute atomic E-state index is 0.0588. The number of rotatable bonds is 13. The predicted molar refractivity (Wildman–Crippen MR) is 157 cm³/mol. The Kier molecular flexibility index (Phi) is 10.6. The number of likely N-dealkylation sites (N-methyl/N-ethyl adjacent to an activating group) is 2. The van der Waals surface area contributed by atoms with Crippen LogP contribution in [0.3, 0.4) is 0 Å². The van der Waals surface area contributed by atoms with E-state index in [0.717, 1.165) is 51.3 Å². The highest BCUT2D eigenvalue weighted by atomic mass is 16.5. The van der Waals surface area contributed by atoms with E-state index in [0.29, 0.717) is 34.8 Å². The fourth-order valence-electron chi connectivity index (χ4n) is 4.94. The van der Waals surface area contributed by atoms with E-state index in [1.807, 2.05) is 43.8 Å². The molecule has 0 atom stereocenters. The molecule has 0 spiro atoms. The van der Waals surface area contributed by atoms with Gasteiger partial charge in [0.15, 0.2) is 5.65 Å². The predicted octanol–water partition coefficient (Wildman–Crippen LogP) is 2.99. The van der Waals surface area contributed by atoms with Crippen molar-refractivity contribution in [2.24, 2.45) is 5.92 Å². The molecule has 3 heterocycles. The number of aromatic nitrogens is 3. The summed E-state index contributed by atoms with van der Waals surface area (Å²) in [6, 6.07) is 10.2. The van der Waals surface area contributed by atoms with Gasteiger partial charge in [-0.3, -0.25) is 9.59 Å². The largest absolute Gasteiger partial charge is 0.381 e. The number of hydrogen-bond donors (Lipinski definition) is 3. The van der Waals surface area contributed by atoms with Crippen LogP contribution in [0, 0.1) is 5.92 Å².